The molecule has 3 aromatic rings. The van der Waals surface area contributed by atoms with Crippen molar-refractivity contribution in [3.63, 3.8) is 0 Å². The second-order valence-corrected chi connectivity index (χ2v) is 6.99. The van der Waals surface area contributed by atoms with Gasteiger partial charge in [-0.15, -0.1) is 0 Å². The van der Waals surface area contributed by atoms with Gasteiger partial charge >= 0.3 is 6.03 Å². The van der Waals surface area contributed by atoms with Crippen molar-refractivity contribution in [1.82, 2.24) is 20.2 Å². The topological polar surface area (TPSA) is 121 Å². The van der Waals surface area contributed by atoms with Gasteiger partial charge < -0.3 is 18.8 Å². The van der Waals surface area contributed by atoms with E-state index in [0.717, 1.165) is 11.0 Å². The Hall–Kier alpha value is -3.92. The molecule has 0 saturated carbocycles. The molecule has 160 valence electrons. The molecule has 4 rings (SSSR count). The second kappa shape index (κ2) is 8.07. The number of amides is 4. The van der Waals surface area contributed by atoms with Crippen molar-refractivity contribution >= 4 is 28.9 Å². The molecule has 2 aromatic carbocycles. The van der Waals surface area contributed by atoms with Crippen molar-refractivity contribution in [3.05, 3.63) is 48.8 Å². The number of ether oxygens (including phenoxy) is 3. The van der Waals surface area contributed by atoms with E-state index in [-0.39, 0.29) is 18.8 Å². The highest BCUT2D eigenvalue weighted by Crippen LogP contribution is 2.29. The van der Waals surface area contributed by atoms with Gasteiger partial charge in [-0.2, -0.15) is 0 Å². The van der Waals surface area contributed by atoms with Gasteiger partial charge in [-0.25, -0.2) is 9.78 Å². The maximum atomic E-state index is 12.5. The van der Waals surface area contributed by atoms with Gasteiger partial charge in [0.1, 0.15) is 17.2 Å². The zero-order chi connectivity index (χ0) is 22.0. The molecule has 0 unspecified atom stereocenters. The summed E-state index contributed by atoms with van der Waals surface area (Å²) in [6.45, 7) is 0.0761. The molecule has 2 heterocycles. The highest BCUT2D eigenvalue weighted by molar-refractivity contribution is 6.21. The second-order valence-electron chi connectivity index (χ2n) is 6.99. The number of carbonyl (C=O) groups is 3. The van der Waals surface area contributed by atoms with Gasteiger partial charge in [0.25, 0.3) is 17.4 Å². The summed E-state index contributed by atoms with van der Waals surface area (Å²) in [5.41, 5.74) is -0.125. The molecule has 0 aliphatic carbocycles. The number of nitrogens with zero attached hydrogens (tertiary/aromatic N) is 2. The van der Waals surface area contributed by atoms with Gasteiger partial charge in [0.05, 0.1) is 24.0 Å². The Labute approximate surface area is 177 Å². The Morgan fingerprint density at radius 1 is 0.968 bits per heavy atom. The lowest BCUT2D eigenvalue weighted by Gasteiger charge is -2.34. The van der Waals surface area contributed by atoms with Crippen LogP contribution >= 0.6 is 0 Å². The molecular formula is C21H20N4O6. The number of hydrogen-bond donors (Lipinski definition) is 2. The third-order valence-corrected chi connectivity index (χ3v) is 4.89. The Morgan fingerprint density at radius 3 is 2.29 bits per heavy atom. The fourth-order valence-corrected chi connectivity index (χ4v) is 3.24. The minimum Gasteiger partial charge on any atom is -0.467 e. The number of fused-ring (bicyclic) bond motifs is 1. The summed E-state index contributed by atoms with van der Waals surface area (Å²) in [5.74, 6) is -0.269. The van der Waals surface area contributed by atoms with Crippen molar-refractivity contribution in [1.29, 1.82) is 0 Å². The average Bonchev–Trinajstić information content (AvgIpc) is 3.11. The smallest absolute Gasteiger partial charge is 0.328 e. The van der Waals surface area contributed by atoms with E-state index in [1.165, 1.54) is 7.11 Å². The van der Waals surface area contributed by atoms with Crippen LogP contribution in [0.3, 0.4) is 0 Å². The van der Waals surface area contributed by atoms with Crippen LogP contribution < -0.4 is 20.1 Å². The highest BCUT2D eigenvalue weighted by Gasteiger charge is 2.52. The maximum Gasteiger partial charge on any atom is 0.328 e. The Kier molecular flexibility index (Phi) is 5.30. The fourth-order valence-electron chi connectivity index (χ4n) is 3.24. The average molecular weight is 424 g/mol. The third kappa shape index (κ3) is 3.92. The monoisotopic (exact) mass is 424 g/mol. The van der Waals surface area contributed by atoms with Crippen LogP contribution in [-0.4, -0.2) is 46.7 Å². The van der Waals surface area contributed by atoms with Crippen LogP contribution in [0.25, 0.3) is 11.0 Å². The minimum atomic E-state index is -1.92. The van der Waals surface area contributed by atoms with Gasteiger partial charge in [-0.3, -0.25) is 20.2 Å². The summed E-state index contributed by atoms with van der Waals surface area (Å²) in [6, 6.07) is 11.1. The molecule has 10 nitrogen and oxygen atoms in total. The van der Waals surface area contributed by atoms with Crippen LogP contribution in [0, 0.1) is 0 Å². The Morgan fingerprint density at radius 2 is 1.61 bits per heavy atom. The molecule has 1 aromatic heterocycles. The lowest BCUT2D eigenvalue weighted by molar-refractivity contribution is -0.153. The number of hydrogen-bond acceptors (Lipinski definition) is 7. The highest BCUT2D eigenvalue weighted by atomic mass is 16.5. The number of aryl methyl sites for hydroxylation is 1. The SMILES string of the molecule is COCCC1(Oc2ccc(Oc3ccc4ncn(C)c4c3)cc2)C(=O)NC(=O)NC1=O. The van der Waals surface area contributed by atoms with Crippen molar-refractivity contribution in [3.8, 4) is 17.2 Å². The molecule has 1 aliphatic heterocycles. The number of imidazole rings is 1. The van der Waals surface area contributed by atoms with Gasteiger partial charge in [0.2, 0.25) is 0 Å². The van der Waals surface area contributed by atoms with Gasteiger partial charge in [-0.1, -0.05) is 0 Å². The van der Waals surface area contributed by atoms with Crippen LogP contribution in [0.4, 0.5) is 4.79 Å². The standard InChI is InChI=1S/C21H20N4O6/c1-25-12-22-16-8-7-15(11-17(16)25)30-13-3-5-14(6-4-13)31-21(9-10-29-2)18(26)23-20(28)24-19(21)27/h3-8,11-12H,9-10H2,1-2H3,(H2,23,24,26,27,28). The number of barbiturate groups is 1. The molecule has 0 radical (unpaired) electrons. The van der Waals surface area contributed by atoms with Crippen LogP contribution in [0.5, 0.6) is 17.2 Å². The van der Waals surface area contributed by atoms with E-state index in [2.05, 4.69) is 15.6 Å². The molecule has 10 heteroatoms. The molecule has 1 saturated heterocycles. The molecule has 0 spiro atoms. The molecule has 31 heavy (non-hydrogen) atoms. The van der Waals surface area contributed by atoms with Crippen LogP contribution in [-0.2, 0) is 21.4 Å². The number of imide groups is 2. The van der Waals surface area contributed by atoms with Gasteiger partial charge in [0.15, 0.2) is 0 Å². The van der Waals surface area contributed by atoms with Gasteiger partial charge in [0, 0.05) is 26.6 Å². The molecule has 0 bridgehead atoms. The first-order chi connectivity index (χ1) is 14.9. The van der Waals surface area contributed by atoms with E-state index < -0.39 is 23.4 Å². The predicted octanol–water partition coefficient (Wildman–Crippen LogP) is 1.89. The number of aromatic nitrogens is 2. The molecular weight excluding hydrogens is 404 g/mol. The van der Waals surface area contributed by atoms with Crippen LogP contribution in [0.1, 0.15) is 6.42 Å². The minimum absolute atomic E-state index is 0.0720. The summed E-state index contributed by atoms with van der Waals surface area (Å²) >= 11 is 0. The predicted molar refractivity (Wildman–Crippen MR) is 109 cm³/mol. The maximum absolute atomic E-state index is 12.5. The summed E-state index contributed by atoms with van der Waals surface area (Å²) < 4.78 is 18.5. The lowest BCUT2D eigenvalue weighted by Crippen LogP contribution is -2.69. The largest absolute Gasteiger partial charge is 0.467 e. The Bertz CT molecular complexity index is 1130. The zero-order valence-corrected chi connectivity index (χ0v) is 16.9. The summed E-state index contributed by atoms with van der Waals surface area (Å²) in [5, 5.41) is 4.14. The van der Waals surface area contributed by atoms with Crippen molar-refractivity contribution < 1.29 is 28.6 Å². The number of methoxy groups -OCH3 is 1. The van der Waals surface area contributed by atoms with Gasteiger partial charge in [-0.05, 0) is 36.4 Å². The van der Waals surface area contributed by atoms with Crippen LogP contribution in [0.15, 0.2) is 48.8 Å². The van der Waals surface area contributed by atoms with E-state index in [4.69, 9.17) is 14.2 Å². The van der Waals surface area contributed by atoms with E-state index in [0.29, 0.717) is 11.5 Å². The van der Waals surface area contributed by atoms with E-state index >= 15 is 0 Å². The van der Waals surface area contributed by atoms with E-state index in [1.807, 2.05) is 29.8 Å². The first-order valence-electron chi connectivity index (χ1n) is 9.45. The molecule has 0 atom stereocenters. The molecule has 2 N–H and O–H groups in total. The molecule has 4 amide bonds. The fraction of sp³-hybridized carbons (Fsp3) is 0.238. The van der Waals surface area contributed by atoms with Crippen LogP contribution in [0.2, 0.25) is 0 Å². The Balaban J connectivity index is 1.53. The quantitative estimate of drug-likeness (QED) is 0.556. The molecule has 1 aliphatic rings. The van der Waals surface area contributed by atoms with E-state index in [9.17, 15) is 14.4 Å². The summed E-state index contributed by atoms with van der Waals surface area (Å²) in [4.78, 5) is 40.6. The number of nitrogens with one attached hydrogen (secondary N) is 2. The van der Waals surface area contributed by atoms with E-state index in [1.54, 1.807) is 30.6 Å². The number of urea groups is 1. The number of rotatable bonds is 7. The number of benzene rings is 2. The third-order valence-electron chi connectivity index (χ3n) is 4.89. The zero-order valence-electron chi connectivity index (χ0n) is 16.9. The van der Waals surface area contributed by atoms with Crippen molar-refractivity contribution in [2.75, 3.05) is 13.7 Å². The van der Waals surface area contributed by atoms with Crippen molar-refractivity contribution in [2.24, 2.45) is 7.05 Å². The molecule has 1 fully saturated rings. The number of carbonyl (C=O) groups excluding carboxylic acids is 3. The first kappa shape index (κ1) is 20.4. The van der Waals surface area contributed by atoms with Crippen molar-refractivity contribution in [2.45, 2.75) is 12.0 Å². The normalized spacial score (nSPS) is 15.5. The lowest BCUT2D eigenvalue weighted by atomic mass is 9.95. The summed E-state index contributed by atoms with van der Waals surface area (Å²) in [6.07, 6.45) is 1.66. The first-order valence-corrected chi connectivity index (χ1v) is 9.45. The summed E-state index contributed by atoms with van der Waals surface area (Å²) in [7, 11) is 3.34.